The molecule has 0 aromatic heterocycles. The van der Waals surface area contributed by atoms with E-state index in [1.165, 1.54) is 0 Å². The van der Waals surface area contributed by atoms with Gasteiger partial charge in [-0.05, 0) is 44.4 Å². The van der Waals surface area contributed by atoms with Crippen LogP contribution in [0.3, 0.4) is 0 Å². The molecule has 3 nitrogen and oxygen atoms in total. The molecule has 0 bridgehead atoms. The normalized spacial score (nSPS) is 25.4. The van der Waals surface area contributed by atoms with Crippen LogP contribution in [0, 0.1) is 5.82 Å². The number of rotatable bonds is 3. The van der Waals surface area contributed by atoms with Crippen molar-refractivity contribution in [1.29, 1.82) is 0 Å². The first-order valence-electron chi connectivity index (χ1n) is 6.80. The first-order chi connectivity index (χ1) is 8.95. The molecule has 1 aromatic rings. The molecule has 0 spiro atoms. The second-order valence-corrected chi connectivity index (χ2v) is 5.68. The number of ether oxygens (including phenoxy) is 1. The molecule has 2 atom stereocenters. The highest BCUT2D eigenvalue weighted by Gasteiger charge is 2.31. The zero-order chi connectivity index (χ0) is 14.0. The summed E-state index contributed by atoms with van der Waals surface area (Å²) in [5.74, 6) is -0.199. The summed E-state index contributed by atoms with van der Waals surface area (Å²) in [5.41, 5.74) is 7.06. The molecule has 19 heavy (non-hydrogen) atoms. The standard InChI is InChI=1S/C15H23FN2O/c1-11(17)12-5-6-14(13(16)9-12)18-8-4-7-15(2,10-18)19-3/h5-6,9,11H,4,7-8,10,17H2,1-3H3. The third kappa shape index (κ3) is 3.07. The van der Waals surface area contributed by atoms with Crippen LogP contribution in [0.5, 0.6) is 0 Å². The van der Waals surface area contributed by atoms with Crippen molar-refractivity contribution in [2.45, 2.75) is 38.3 Å². The number of hydrogen-bond donors (Lipinski definition) is 1. The number of piperidine rings is 1. The van der Waals surface area contributed by atoms with E-state index in [-0.39, 0.29) is 17.5 Å². The molecule has 4 heteroatoms. The van der Waals surface area contributed by atoms with Crippen LogP contribution in [0.25, 0.3) is 0 Å². The van der Waals surface area contributed by atoms with Gasteiger partial charge in [0.1, 0.15) is 5.82 Å². The van der Waals surface area contributed by atoms with Gasteiger partial charge in [-0.1, -0.05) is 6.07 Å². The molecule has 1 saturated heterocycles. The zero-order valence-electron chi connectivity index (χ0n) is 11.9. The van der Waals surface area contributed by atoms with E-state index in [0.29, 0.717) is 5.69 Å². The van der Waals surface area contributed by atoms with E-state index >= 15 is 0 Å². The Morgan fingerprint density at radius 2 is 2.21 bits per heavy atom. The van der Waals surface area contributed by atoms with Gasteiger partial charge in [-0.25, -0.2) is 4.39 Å². The Balaban J connectivity index is 2.22. The summed E-state index contributed by atoms with van der Waals surface area (Å²) < 4.78 is 19.8. The van der Waals surface area contributed by atoms with Crippen LogP contribution in [0.15, 0.2) is 18.2 Å². The highest BCUT2D eigenvalue weighted by Crippen LogP contribution is 2.30. The molecule has 106 valence electrons. The summed E-state index contributed by atoms with van der Waals surface area (Å²) in [6, 6.07) is 5.13. The smallest absolute Gasteiger partial charge is 0.146 e. The lowest BCUT2D eigenvalue weighted by molar-refractivity contribution is -0.00477. The first-order valence-corrected chi connectivity index (χ1v) is 6.80. The molecule has 0 saturated carbocycles. The summed E-state index contributed by atoms with van der Waals surface area (Å²) in [7, 11) is 1.72. The maximum Gasteiger partial charge on any atom is 0.146 e. The van der Waals surface area contributed by atoms with Gasteiger partial charge in [-0.2, -0.15) is 0 Å². The van der Waals surface area contributed by atoms with Crippen LogP contribution < -0.4 is 10.6 Å². The number of nitrogens with zero attached hydrogens (tertiary/aromatic N) is 1. The Kier molecular flexibility index (Phi) is 4.11. The Morgan fingerprint density at radius 3 is 2.79 bits per heavy atom. The van der Waals surface area contributed by atoms with Crippen LogP contribution in [0.2, 0.25) is 0 Å². The number of anilines is 1. The highest BCUT2D eigenvalue weighted by atomic mass is 19.1. The van der Waals surface area contributed by atoms with Crippen LogP contribution >= 0.6 is 0 Å². The van der Waals surface area contributed by atoms with Crippen molar-refractivity contribution in [1.82, 2.24) is 0 Å². The van der Waals surface area contributed by atoms with Gasteiger partial charge in [0.05, 0.1) is 11.3 Å². The fourth-order valence-corrected chi connectivity index (χ4v) is 2.64. The van der Waals surface area contributed by atoms with Crippen LogP contribution in [-0.4, -0.2) is 25.8 Å². The topological polar surface area (TPSA) is 38.5 Å². The van der Waals surface area contributed by atoms with Crippen LogP contribution in [0.4, 0.5) is 10.1 Å². The van der Waals surface area contributed by atoms with Crippen molar-refractivity contribution < 1.29 is 9.13 Å². The average Bonchev–Trinajstić information content (AvgIpc) is 2.38. The molecule has 2 rings (SSSR count). The van der Waals surface area contributed by atoms with E-state index in [1.54, 1.807) is 13.2 Å². The number of benzene rings is 1. The number of nitrogens with two attached hydrogens (primary N) is 1. The van der Waals surface area contributed by atoms with Gasteiger partial charge in [-0.3, -0.25) is 0 Å². The van der Waals surface area contributed by atoms with Gasteiger partial charge >= 0.3 is 0 Å². The molecule has 1 aliphatic rings. The van der Waals surface area contributed by atoms with Crippen molar-refractivity contribution in [3.63, 3.8) is 0 Å². The quantitative estimate of drug-likeness (QED) is 0.914. The minimum absolute atomic E-state index is 0.144. The molecular formula is C15H23FN2O. The number of methoxy groups -OCH3 is 1. The van der Waals surface area contributed by atoms with Crippen molar-refractivity contribution in [3.05, 3.63) is 29.6 Å². The minimum Gasteiger partial charge on any atom is -0.377 e. The summed E-state index contributed by atoms with van der Waals surface area (Å²) in [6.07, 6.45) is 2.03. The van der Waals surface area contributed by atoms with Crippen LogP contribution in [-0.2, 0) is 4.74 Å². The van der Waals surface area contributed by atoms with Crippen LogP contribution in [0.1, 0.15) is 38.3 Å². The van der Waals surface area contributed by atoms with Crippen molar-refractivity contribution in [3.8, 4) is 0 Å². The fourth-order valence-electron chi connectivity index (χ4n) is 2.64. The summed E-state index contributed by atoms with van der Waals surface area (Å²) in [4.78, 5) is 2.06. The van der Waals surface area contributed by atoms with Crippen molar-refractivity contribution in [2.75, 3.05) is 25.1 Å². The second-order valence-electron chi connectivity index (χ2n) is 5.68. The Hall–Kier alpha value is -1.13. The average molecular weight is 266 g/mol. The molecule has 0 aliphatic carbocycles. The molecule has 1 aromatic carbocycles. The van der Waals surface area contributed by atoms with E-state index in [2.05, 4.69) is 11.8 Å². The van der Waals surface area contributed by atoms with Gasteiger partial charge in [0.15, 0.2) is 0 Å². The lowest BCUT2D eigenvalue weighted by Crippen LogP contribution is -2.47. The summed E-state index contributed by atoms with van der Waals surface area (Å²) >= 11 is 0. The lowest BCUT2D eigenvalue weighted by atomic mass is 9.94. The summed E-state index contributed by atoms with van der Waals surface area (Å²) in [6.45, 7) is 5.52. The molecule has 2 unspecified atom stereocenters. The molecule has 0 amide bonds. The largest absolute Gasteiger partial charge is 0.377 e. The van der Waals surface area contributed by atoms with Gasteiger partial charge in [0.25, 0.3) is 0 Å². The van der Waals surface area contributed by atoms with Crippen molar-refractivity contribution >= 4 is 5.69 Å². The molecule has 1 aliphatic heterocycles. The number of halogens is 1. The maximum atomic E-state index is 14.2. The molecule has 1 fully saturated rings. The summed E-state index contributed by atoms with van der Waals surface area (Å²) in [5, 5.41) is 0. The van der Waals surface area contributed by atoms with E-state index < -0.39 is 0 Å². The Bertz CT molecular complexity index is 450. The van der Waals surface area contributed by atoms with Gasteiger partial charge in [0, 0.05) is 26.2 Å². The van der Waals surface area contributed by atoms with Gasteiger partial charge in [0.2, 0.25) is 0 Å². The maximum absolute atomic E-state index is 14.2. The third-order valence-corrected chi connectivity index (χ3v) is 3.99. The van der Waals surface area contributed by atoms with E-state index in [9.17, 15) is 4.39 Å². The van der Waals surface area contributed by atoms with Gasteiger partial charge < -0.3 is 15.4 Å². The van der Waals surface area contributed by atoms with Crippen molar-refractivity contribution in [2.24, 2.45) is 5.73 Å². The molecule has 1 heterocycles. The minimum atomic E-state index is -0.199. The van der Waals surface area contributed by atoms with Gasteiger partial charge in [-0.15, -0.1) is 0 Å². The Labute approximate surface area is 114 Å². The van der Waals surface area contributed by atoms with E-state index in [0.717, 1.165) is 31.5 Å². The SMILES string of the molecule is COC1(C)CCCN(c2ccc(C(C)N)cc2F)C1. The van der Waals surface area contributed by atoms with E-state index in [1.807, 2.05) is 19.1 Å². The fraction of sp³-hybridized carbons (Fsp3) is 0.600. The monoisotopic (exact) mass is 266 g/mol. The van der Waals surface area contributed by atoms with E-state index in [4.69, 9.17) is 10.5 Å². The predicted octanol–water partition coefficient (Wildman–Crippen LogP) is 2.85. The predicted molar refractivity (Wildman–Crippen MR) is 75.9 cm³/mol. The zero-order valence-corrected chi connectivity index (χ0v) is 11.9. The third-order valence-electron chi connectivity index (χ3n) is 3.99. The first kappa shape index (κ1) is 14.3. The highest BCUT2D eigenvalue weighted by molar-refractivity contribution is 5.50. The second kappa shape index (κ2) is 5.47. The Morgan fingerprint density at radius 1 is 1.47 bits per heavy atom. The molecule has 0 radical (unpaired) electrons. The number of hydrogen-bond acceptors (Lipinski definition) is 3. The lowest BCUT2D eigenvalue weighted by Gasteiger charge is -2.40. The molecule has 2 N–H and O–H groups in total. The molecular weight excluding hydrogens is 243 g/mol.